The first-order valence-corrected chi connectivity index (χ1v) is 17.0. The fraction of sp³-hybridized carbons (Fsp3) is 0.448. The minimum atomic E-state index is 0.110. The van der Waals surface area contributed by atoms with Gasteiger partial charge >= 0.3 is 0 Å². The monoisotopic (exact) mass is 794 g/mol. The zero-order valence-corrected chi connectivity index (χ0v) is 27.7. The van der Waals surface area contributed by atoms with Crippen LogP contribution in [0.25, 0.3) is 6.08 Å². The molecule has 5 rings (SSSR count). The lowest BCUT2D eigenvalue weighted by Crippen LogP contribution is -2.41. The number of carbonyl (C=O) groups excluding carboxylic acids is 1. The van der Waals surface area contributed by atoms with Gasteiger partial charge in [0.15, 0.2) is 5.17 Å². The Labute approximate surface area is 266 Å². The van der Waals surface area contributed by atoms with E-state index in [9.17, 15) is 4.79 Å². The van der Waals surface area contributed by atoms with Gasteiger partial charge in [0.2, 0.25) is 0 Å². The van der Waals surface area contributed by atoms with E-state index in [1.54, 1.807) is 17.8 Å². The third-order valence-electron chi connectivity index (χ3n) is 7.35. The Bertz CT molecular complexity index is 1230. The van der Waals surface area contributed by atoms with E-state index < -0.39 is 0 Å². The number of benzene rings is 2. The number of nitrogens with zero attached hydrogens (tertiary/aromatic N) is 2. The van der Waals surface area contributed by atoms with Crippen LogP contribution < -0.4 is 4.74 Å². The van der Waals surface area contributed by atoms with Gasteiger partial charge in [-0.25, -0.2) is 0 Å². The lowest BCUT2D eigenvalue weighted by Gasteiger charge is -2.31. The molecule has 1 aliphatic heterocycles. The van der Waals surface area contributed by atoms with Gasteiger partial charge in [0, 0.05) is 21.7 Å². The number of ether oxygens (including phenoxy) is 1. The first-order valence-electron chi connectivity index (χ1n) is 13.3. The van der Waals surface area contributed by atoms with Crippen LogP contribution in [0.5, 0.6) is 5.75 Å². The van der Waals surface area contributed by atoms with Gasteiger partial charge in [0.25, 0.3) is 5.91 Å². The van der Waals surface area contributed by atoms with Crippen molar-refractivity contribution in [2.75, 3.05) is 0 Å². The molecule has 0 N–H and O–H groups in total. The predicted octanol–water partition coefficient (Wildman–Crippen LogP) is 9.72. The van der Waals surface area contributed by atoms with Crippen molar-refractivity contribution < 1.29 is 9.53 Å². The number of carbonyl (C=O) groups is 1. The molecule has 0 aromatic heterocycles. The molecule has 0 spiro atoms. The highest BCUT2D eigenvalue weighted by Gasteiger charge is 2.39. The zero-order valence-electron chi connectivity index (χ0n) is 21.0. The van der Waals surface area contributed by atoms with Gasteiger partial charge in [0.05, 0.1) is 18.1 Å². The highest BCUT2D eigenvalue weighted by Crippen LogP contribution is 2.39. The van der Waals surface area contributed by atoms with E-state index in [4.69, 9.17) is 32.9 Å². The van der Waals surface area contributed by atoms with Gasteiger partial charge in [-0.2, -0.15) is 0 Å². The fourth-order valence-corrected chi connectivity index (χ4v) is 9.05. The highest BCUT2D eigenvalue weighted by atomic mass is 127. The molecule has 9 heteroatoms. The summed E-state index contributed by atoms with van der Waals surface area (Å²) >= 11 is 18.5. The van der Waals surface area contributed by atoms with Crippen LogP contribution in [-0.4, -0.2) is 28.1 Å². The lowest BCUT2D eigenvalue weighted by molar-refractivity contribution is -0.124. The Morgan fingerprint density at radius 2 is 1.63 bits per heavy atom. The maximum atomic E-state index is 13.7. The second-order valence-corrected chi connectivity index (χ2v) is 14.3. The number of thioether (sulfide) groups is 1. The van der Waals surface area contributed by atoms with Gasteiger partial charge in [-0.15, -0.1) is 0 Å². The average Bonchev–Trinajstić information content (AvgIpc) is 3.19. The first kappa shape index (κ1) is 29.0. The summed E-state index contributed by atoms with van der Waals surface area (Å²) in [5, 5.41) is 2.12. The van der Waals surface area contributed by atoms with E-state index in [1.165, 1.54) is 38.5 Å². The standard InChI is InChI=1S/C29H30Cl2I2N2O2S/c30-20-12-11-19(23(31)16-20)17-37-27-24(32)13-18(14-25(27)33)15-26-28(36)35(22-9-5-2-6-10-22)29(38-26)34-21-7-3-1-4-8-21/h11-16,21-22H,1-10,17H2. The van der Waals surface area contributed by atoms with E-state index in [0.717, 1.165) is 59.8 Å². The predicted molar refractivity (Wildman–Crippen MR) is 176 cm³/mol. The maximum absolute atomic E-state index is 13.7. The summed E-state index contributed by atoms with van der Waals surface area (Å²) in [5.74, 6) is 0.923. The molecule has 2 aromatic carbocycles. The van der Waals surface area contributed by atoms with Crippen molar-refractivity contribution in [1.29, 1.82) is 0 Å². The summed E-state index contributed by atoms with van der Waals surface area (Å²) in [4.78, 5) is 21.7. The van der Waals surface area contributed by atoms with Crippen molar-refractivity contribution in [2.45, 2.75) is 82.9 Å². The van der Waals surface area contributed by atoms with Crippen molar-refractivity contribution in [1.82, 2.24) is 4.90 Å². The average molecular weight is 795 g/mol. The summed E-state index contributed by atoms with van der Waals surface area (Å²) in [6.07, 6.45) is 13.9. The summed E-state index contributed by atoms with van der Waals surface area (Å²) in [6.45, 7) is 0.355. The summed E-state index contributed by atoms with van der Waals surface area (Å²) in [7, 11) is 0. The van der Waals surface area contributed by atoms with Crippen LogP contribution in [0.1, 0.15) is 75.3 Å². The van der Waals surface area contributed by atoms with Crippen molar-refractivity contribution in [3.05, 3.63) is 63.5 Å². The molecule has 1 saturated heterocycles. The summed E-state index contributed by atoms with van der Waals surface area (Å²) < 4.78 is 8.13. The number of rotatable bonds is 6. The molecule has 2 aliphatic carbocycles. The van der Waals surface area contributed by atoms with E-state index in [-0.39, 0.29) is 11.9 Å². The largest absolute Gasteiger partial charge is 0.487 e. The number of halogens is 4. The SMILES string of the molecule is O=C1C(=Cc2cc(I)c(OCc3ccc(Cl)cc3Cl)c(I)c2)SC(=NC2CCCCC2)N1C1CCCCC1. The Morgan fingerprint density at radius 3 is 2.29 bits per heavy atom. The Balaban J connectivity index is 1.37. The number of amidine groups is 1. The zero-order chi connectivity index (χ0) is 26.6. The van der Waals surface area contributed by atoms with Crippen molar-refractivity contribution in [3.8, 4) is 5.75 Å². The first-order chi connectivity index (χ1) is 18.4. The van der Waals surface area contributed by atoms with Gasteiger partial charge < -0.3 is 4.74 Å². The molecule has 0 radical (unpaired) electrons. The Morgan fingerprint density at radius 1 is 0.974 bits per heavy atom. The van der Waals surface area contributed by atoms with Gasteiger partial charge in [-0.3, -0.25) is 14.7 Å². The molecular weight excluding hydrogens is 765 g/mol. The molecule has 4 nitrogen and oxygen atoms in total. The summed E-state index contributed by atoms with van der Waals surface area (Å²) in [6, 6.07) is 10.2. The van der Waals surface area contributed by atoms with Crippen molar-refractivity contribution in [2.24, 2.45) is 4.99 Å². The third-order valence-corrected chi connectivity index (χ3v) is 10.5. The van der Waals surface area contributed by atoms with E-state index in [0.29, 0.717) is 22.7 Å². The smallest absolute Gasteiger partial charge is 0.266 e. The molecule has 0 unspecified atom stereocenters. The lowest BCUT2D eigenvalue weighted by atomic mass is 9.94. The minimum absolute atomic E-state index is 0.110. The van der Waals surface area contributed by atoms with Crippen LogP contribution in [0.3, 0.4) is 0 Å². The minimum Gasteiger partial charge on any atom is -0.487 e. The topological polar surface area (TPSA) is 41.9 Å². The molecule has 0 atom stereocenters. The second-order valence-electron chi connectivity index (χ2n) is 10.1. The molecule has 0 bridgehead atoms. The van der Waals surface area contributed by atoms with Crippen LogP contribution in [0.15, 0.2) is 40.2 Å². The number of hydrogen-bond acceptors (Lipinski definition) is 4. The molecule has 202 valence electrons. The number of hydrogen-bond donors (Lipinski definition) is 0. The van der Waals surface area contributed by atoms with Gasteiger partial charge in [-0.1, -0.05) is 67.8 Å². The molecule has 2 aromatic rings. The fourth-order valence-electron chi connectivity index (χ4n) is 5.34. The summed E-state index contributed by atoms with van der Waals surface area (Å²) in [5.41, 5.74) is 1.88. The van der Waals surface area contributed by atoms with Crippen LogP contribution in [0, 0.1) is 7.14 Å². The van der Waals surface area contributed by atoms with E-state index in [1.807, 2.05) is 23.1 Å². The molecule has 38 heavy (non-hydrogen) atoms. The van der Waals surface area contributed by atoms with E-state index >= 15 is 0 Å². The Kier molecular flexibility index (Phi) is 10.3. The van der Waals surface area contributed by atoms with Crippen molar-refractivity contribution >= 4 is 97.3 Å². The third kappa shape index (κ3) is 7.04. The van der Waals surface area contributed by atoms with Gasteiger partial charge in [0.1, 0.15) is 12.4 Å². The molecular formula is C29H30Cl2I2N2O2S. The number of aliphatic imine (C=N–C) groups is 1. The van der Waals surface area contributed by atoms with E-state index in [2.05, 4.69) is 57.3 Å². The Hall–Kier alpha value is -0.490. The van der Waals surface area contributed by atoms with Crippen LogP contribution >= 0.6 is 80.1 Å². The molecule has 1 amide bonds. The maximum Gasteiger partial charge on any atom is 0.266 e. The van der Waals surface area contributed by atoms with Crippen LogP contribution in [-0.2, 0) is 11.4 Å². The van der Waals surface area contributed by atoms with Crippen LogP contribution in [0.4, 0.5) is 0 Å². The van der Waals surface area contributed by atoms with Crippen molar-refractivity contribution in [3.63, 3.8) is 0 Å². The number of amides is 1. The molecule has 3 aliphatic rings. The normalized spacial score (nSPS) is 21.6. The quantitative estimate of drug-likeness (QED) is 0.216. The molecule has 2 saturated carbocycles. The second kappa shape index (κ2) is 13.4. The molecule has 1 heterocycles. The van der Waals surface area contributed by atoms with Gasteiger partial charge in [-0.05, 0) is 119 Å². The molecule has 3 fully saturated rings. The van der Waals surface area contributed by atoms with Crippen LogP contribution in [0.2, 0.25) is 10.0 Å². The highest BCUT2D eigenvalue weighted by molar-refractivity contribution is 14.1.